The summed E-state index contributed by atoms with van der Waals surface area (Å²) in [4.78, 5) is 11.2. The van der Waals surface area contributed by atoms with Crippen molar-refractivity contribution in [3.63, 3.8) is 0 Å². The number of aliphatic hydroxyl groups excluding tert-OH is 1. The standard InChI is InChI=1S/C18H35NO3/c1-5-8-9-10-11-17(20)15-19(12-6-2,13-7-3)14-16(4)18(21)22/h11,16H,5-10,12-15H2,1-4H3,(H-,20,21,22)/p+1/b17-11-. The molecule has 0 aromatic rings. The molecule has 0 saturated carbocycles. The largest absolute Gasteiger partial charge is 0.507 e. The number of hydrogen-bond acceptors (Lipinski definition) is 2. The van der Waals surface area contributed by atoms with Crippen LogP contribution in [0.2, 0.25) is 0 Å². The van der Waals surface area contributed by atoms with Gasteiger partial charge in [0, 0.05) is 0 Å². The monoisotopic (exact) mass is 314 g/mol. The summed E-state index contributed by atoms with van der Waals surface area (Å²) in [6, 6.07) is 0. The fourth-order valence-electron chi connectivity index (χ4n) is 3.20. The summed E-state index contributed by atoms with van der Waals surface area (Å²) in [5.74, 6) is -0.706. The molecule has 0 spiro atoms. The summed E-state index contributed by atoms with van der Waals surface area (Å²) in [6.07, 6.45) is 8.30. The smallest absolute Gasteiger partial charge is 0.311 e. The summed E-state index contributed by atoms with van der Waals surface area (Å²) in [7, 11) is 0. The Morgan fingerprint density at radius 3 is 2.09 bits per heavy atom. The van der Waals surface area contributed by atoms with Gasteiger partial charge in [0.25, 0.3) is 0 Å². The number of rotatable bonds is 13. The zero-order valence-corrected chi connectivity index (χ0v) is 15.0. The Morgan fingerprint density at radius 1 is 1.05 bits per heavy atom. The van der Waals surface area contributed by atoms with E-state index >= 15 is 0 Å². The summed E-state index contributed by atoms with van der Waals surface area (Å²) >= 11 is 0. The topological polar surface area (TPSA) is 57.5 Å². The van der Waals surface area contributed by atoms with Crippen molar-refractivity contribution in [3.05, 3.63) is 11.8 Å². The van der Waals surface area contributed by atoms with Crippen molar-refractivity contribution in [2.24, 2.45) is 5.92 Å². The van der Waals surface area contributed by atoms with Crippen molar-refractivity contribution < 1.29 is 19.5 Å². The first-order valence-electron chi connectivity index (χ1n) is 8.86. The molecule has 1 unspecified atom stereocenters. The number of carboxylic acids is 1. The molecule has 0 aliphatic carbocycles. The van der Waals surface area contributed by atoms with E-state index in [1.807, 2.05) is 6.08 Å². The molecule has 0 amide bonds. The van der Waals surface area contributed by atoms with E-state index in [0.717, 1.165) is 38.8 Å². The van der Waals surface area contributed by atoms with Crippen LogP contribution in [-0.4, -0.2) is 46.8 Å². The highest BCUT2D eigenvalue weighted by Crippen LogP contribution is 2.18. The maximum atomic E-state index is 11.2. The molecule has 1 atom stereocenters. The Bertz CT molecular complexity index is 333. The van der Waals surface area contributed by atoms with Crippen molar-refractivity contribution in [2.75, 3.05) is 26.2 Å². The highest BCUT2D eigenvalue weighted by molar-refractivity contribution is 5.69. The van der Waals surface area contributed by atoms with Crippen LogP contribution < -0.4 is 0 Å². The van der Waals surface area contributed by atoms with Crippen LogP contribution in [0.1, 0.15) is 66.2 Å². The number of aliphatic hydroxyl groups is 1. The van der Waals surface area contributed by atoms with Gasteiger partial charge in [-0.25, -0.2) is 0 Å². The molecule has 0 fully saturated rings. The lowest BCUT2D eigenvalue weighted by atomic mass is 10.1. The number of nitrogens with zero attached hydrogens (tertiary/aromatic N) is 1. The van der Waals surface area contributed by atoms with Crippen LogP contribution in [0.25, 0.3) is 0 Å². The van der Waals surface area contributed by atoms with Gasteiger partial charge in [-0.1, -0.05) is 33.6 Å². The van der Waals surface area contributed by atoms with Gasteiger partial charge in [-0.3, -0.25) is 4.79 Å². The number of hydrogen-bond donors (Lipinski definition) is 2. The van der Waals surface area contributed by atoms with Crippen molar-refractivity contribution in [1.82, 2.24) is 0 Å². The predicted molar refractivity (Wildman–Crippen MR) is 92.0 cm³/mol. The van der Waals surface area contributed by atoms with E-state index in [0.29, 0.717) is 23.3 Å². The van der Waals surface area contributed by atoms with E-state index in [4.69, 9.17) is 0 Å². The van der Waals surface area contributed by atoms with Crippen molar-refractivity contribution in [1.29, 1.82) is 0 Å². The van der Waals surface area contributed by atoms with E-state index in [9.17, 15) is 15.0 Å². The van der Waals surface area contributed by atoms with Gasteiger partial charge < -0.3 is 14.7 Å². The molecule has 0 saturated heterocycles. The van der Waals surface area contributed by atoms with E-state index < -0.39 is 5.97 Å². The Balaban J connectivity index is 4.91. The first kappa shape index (κ1) is 21.0. The van der Waals surface area contributed by atoms with Crippen LogP contribution in [0.4, 0.5) is 0 Å². The van der Waals surface area contributed by atoms with Gasteiger partial charge >= 0.3 is 5.97 Å². The lowest BCUT2D eigenvalue weighted by molar-refractivity contribution is -0.927. The van der Waals surface area contributed by atoms with Crippen molar-refractivity contribution in [2.45, 2.75) is 66.2 Å². The van der Waals surface area contributed by atoms with Gasteiger partial charge in [0.1, 0.15) is 18.2 Å². The molecule has 0 heterocycles. The molecule has 0 aromatic heterocycles. The Labute approximate surface area is 136 Å². The van der Waals surface area contributed by atoms with Gasteiger partial charge in [0.15, 0.2) is 0 Å². The average Bonchev–Trinajstić information content (AvgIpc) is 2.44. The van der Waals surface area contributed by atoms with E-state index in [1.54, 1.807) is 6.92 Å². The molecule has 0 aromatic carbocycles. The highest BCUT2D eigenvalue weighted by Gasteiger charge is 2.31. The van der Waals surface area contributed by atoms with Gasteiger partial charge in [0.2, 0.25) is 0 Å². The molecule has 2 N–H and O–H groups in total. The molecule has 130 valence electrons. The quantitative estimate of drug-likeness (QED) is 0.301. The summed E-state index contributed by atoms with van der Waals surface area (Å²) < 4.78 is 0.677. The number of allylic oxidation sites excluding steroid dienone is 1. The third-order valence-electron chi connectivity index (χ3n) is 4.16. The Kier molecular flexibility index (Phi) is 11.0. The van der Waals surface area contributed by atoms with Crippen LogP contribution in [0, 0.1) is 5.92 Å². The normalized spacial score (nSPS) is 14.1. The fraction of sp³-hybridized carbons (Fsp3) is 0.833. The van der Waals surface area contributed by atoms with Crippen molar-refractivity contribution >= 4 is 5.97 Å². The number of carbonyl (C=O) groups is 1. The molecular formula is C18H36NO3+. The summed E-state index contributed by atoms with van der Waals surface area (Å²) in [5, 5.41) is 19.5. The van der Waals surface area contributed by atoms with E-state index in [1.165, 1.54) is 12.8 Å². The van der Waals surface area contributed by atoms with E-state index in [2.05, 4.69) is 20.8 Å². The third-order valence-corrected chi connectivity index (χ3v) is 4.16. The lowest BCUT2D eigenvalue weighted by Crippen LogP contribution is -2.53. The SMILES string of the molecule is CCCCC/C=C(\O)C[N+](CCC)(CCC)CC(C)C(=O)O. The van der Waals surface area contributed by atoms with Crippen LogP contribution in [-0.2, 0) is 4.79 Å². The maximum Gasteiger partial charge on any atom is 0.311 e. The number of aliphatic carboxylic acids is 1. The molecule has 0 radical (unpaired) electrons. The van der Waals surface area contributed by atoms with E-state index in [-0.39, 0.29) is 5.92 Å². The van der Waals surface area contributed by atoms with Gasteiger partial charge in [-0.05, 0) is 38.7 Å². The lowest BCUT2D eigenvalue weighted by Gasteiger charge is -2.39. The molecule has 0 bridgehead atoms. The first-order chi connectivity index (χ1) is 10.4. The molecule has 0 aliphatic rings. The molecule has 0 rings (SSSR count). The second kappa shape index (κ2) is 11.5. The zero-order chi connectivity index (χ0) is 17.0. The van der Waals surface area contributed by atoms with Gasteiger partial charge in [-0.15, -0.1) is 0 Å². The minimum atomic E-state index is -0.749. The molecule has 22 heavy (non-hydrogen) atoms. The number of carboxylic acid groups (broad SMARTS) is 1. The molecule has 4 nitrogen and oxygen atoms in total. The van der Waals surface area contributed by atoms with Crippen LogP contribution in [0.5, 0.6) is 0 Å². The predicted octanol–water partition coefficient (Wildman–Crippen LogP) is 4.37. The summed E-state index contributed by atoms with van der Waals surface area (Å²) in [5.41, 5.74) is 0. The van der Waals surface area contributed by atoms with Gasteiger partial charge in [-0.2, -0.15) is 0 Å². The minimum absolute atomic E-state index is 0.383. The average molecular weight is 314 g/mol. The van der Waals surface area contributed by atoms with Crippen LogP contribution in [0.15, 0.2) is 11.8 Å². The molecule has 0 aliphatic heterocycles. The highest BCUT2D eigenvalue weighted by atomic mass is 16.4. The zero-order valence-electron chi connectivity index (χ0n) is 15.0. The Morgan fingerprint density at radius 2 is 1.64 bits per heavy atom. The van der Waals surface area contributed by atoms with Crippen LogP contribution >= 0.6 is 0 Å². The number of unbranched alkanes of at least 4 members (excludes halogenated alkanes) is 3. The summed E-state index contributed by atoms with van der Waals surface area (Å²) in [6.45, 7) is 11.2. The first-order valence-corrected chi connectivity index (χ1v) is 8.86. The fourth-order valence-corrected chi connectivity index (χ4v) is 3.20. The third kappa shape index (κ3) is 8.42. The minimum Gasteiger partial charge on any atom is -0.507 e. The second-order valence-corrected chi connectivity index (χ2v) is 6.56. The second-order valence-electron chi connectivity index (χ2n) is 6.56. The molecule has 4 heteroatoms. The number of quaternary nitrogens is 1. The van der Waals surface area contributed by atoms with Gasteiger partial charge in [0.05, 0.1) is 19.6 Å². The van der Waals surface area contributed by atoms with Crippen molar-refractivity contribution in [3.8, 4) is 0 Å². The maximum absolute atomic E-state index is 11.2. The van der Waals surface area contributed by atoms with Crippen LogP contribution in [0.3, 0.4) is 0 Å². The Hall–Kier alpha value is -1.03. The molecular weight excluding hydrogens is 278 g/mol.